The molecule has 0 saturated heterocycles. The summed E-state index contributed by atoms with van der Waals surface area (Å²) in [7, 11) is 0. The van der Waals surface area contributed by atoms with E-state index < -0.39 is 12.2 Å². The standard InChI is InChI=1S/C16H25NO3/c1-5-14(6-2)17-16(19)12(4)20-15-9-7-13(8-10-15)11(3)18/h7-12,14,18H,5-6H2,1-4H3,(H,17,19). The topological polar surface area (TPSA) is 58.6 Å². The third kappa shape index (κ3) is 4.85. The van der Waals surface area contributed by atoms with Crippen LogP contribution in [0.3, 0.4) is 0 Å². The van der Waals surface area contributed by atoms with Gasteiger partial charge >= 0.3 is 0 Å². The van der Waals surface area contributed by atoms with Gasteiger partial charge in [-0.15, -0.1) is 0 Å². The van der Waals surface area contributed by atoms with Crippen molar-refractivity contribution in [3.63, 3.8) is 0 Å². The maximum Gasteiger partial charge on any atom is 0.260 e. The summed E-state index contributed by atoms with van der Waals surface area (Å²) in [6.07, 6.45) is 0.795. The fourth-order valence-electron chi connectivity index (χ4n) is 1.89. The van der Waals surface area contributed by atoms with Gasteiger partial charge < -0.3 is 15.2 Å². The lowest BCUT2D eigenvalue weighted by atomic mass is 10.1. The number of benzene rings is 1. The van der Waals surface area contributed by atoms with E-state index >= 15 is 0 Å². The van der Waals surface area contributed by atoms with Gasteiger partial charge in [0, 0.05) is 6.04 Å². The second kappa shape index (κ2) is 7.90. The van der Waals surface area contributed by atoms with Gasteiger partial charge in [0.1, 0.15) is 5.75 Å². The SMILES string of the molecule is CCC(CC)NC(=O)C(C)Oc1ccc(C(C)O)cc1. The number of hydrogen-bond donors (Lipinski definition) is 2. The highest BCUT2D eigenvalue weighted by molar-refractivity contribution is 5.81. The Kier molecular flexibility index (Phi) is 6.52. The van der Waals surface area contributed by atoms with Gasteiger partial charge in [-0.1, -0.05) is 26.0 Å². The van der Waals surface area contributed by atoms with E-state index in [4.69, 9.17) is 4.74 Å². The average Bonchev–Trinajstić information content (AvgIpc) is 2.44. The van der Waals surface area contributed by atoms with Gasteiger partial charge in [0.25, 0.3) is 5.91 Å². The van der Waals surface area contributed by atoms with Crippen molar-refractivity contribution in [2.24, 2.45) is 0 Å². The molecule has 2 atom stereocenters. The monoisotopic (exact) mass is 279 g/mol. The van der Waals surface area contributed by atoms with E-state index in [1.807, 2.05) is 0 Å². The fourth-order valence-corrected chi connectivity index (χ4v) is 1.89. The highest BCUT2D eigenvalue weighted by Crippen LogP contribution is 2.18. The van der Waals surface area contributed by atoms with Crippen LogP contribution in [0.15, 0.2) is 24.3 Å². The number of aliphatic hydroxyl groups excluding tert-OH is 1. The van der Waals surface area contributed by atoms with E-state index in [9.17, 15) is 9.90 Å². The number of rotatable bonds is 7. The fraction of sp³-hybridized carbons (Fsp3) is 0.562. The molecule has 0 aliphatic carbocycles. The van der Waals surface area contributed by atoms with Crippen LogP contribution >= 0.6 is 0 Å². The third-order valence-corrected chi connectivity index (χ3v) is 3.38. The Labute approximate surface area is 121 Å². The lowest BCUT2D eigenvalue weighted by Gasteiger charge is -2.19. The molecule has 4 heteroatoms. The summed E-state index contributed by atoms with van der Waals surface area (Å²) in [5.74, 6) is 0.528. The largest absolute Gasteiger partial charge is 0.481 e. The van der Waals surface area contributed by atoms with Gasteiger partial charge in [0.05, 0.1) is 6.10 Å². The number of ether oxygens (including phenoxy) is 1. The summed E-state index contributed by atoms with van der Waals surface area (Å²) in [6, 6.07) is 7.33. The molecule has 2 N–H and O–H groups in total. The highest BCUT2D eigenvalue weighted by atomic mass is 16.5. The van der Waals surface area contributed by atoms with Gasteiger partial charge in [0.15, 0.2) is 6.10 Å². The normalized spacial score (nSPS) is 13.9. The maximum atomic E-state index is 12.0. The van der Waals surface area contributed by atoms with Gasteiger partial charge in [-0.25, -0.2) is 0 Å². The summed E-state index contributed by atoms with van der Waals surface area (Å²) in [5.41, 5.74) is 0.825. The molecule has 1 rings (SSSR count). The summed E-state index contributed by atoms with van der Waals surface area (Å²) in [6.45, 7) is 7.55. The summed E-state index contributed by atoms with van der Waals surface area (Å²) in [5, 5.41) is 12.4. The van der Waals surface area contributed by atoms with Crippen molar-refractivity contribution < 1.29 is 14.6 Å². The number of amides is 1. The zero-order chi connectivity index (χ0) is 15.1. The number of carbonyl (C=O) groups excluding carboxylic acids is 1. The number of aliphatic hydroxyl groups is 1. The Morgan fingerprint density at radius 3 is 2.20 bits per heavy atom. The Balaban J connectivity index is 2.56. The molecule has 1 aromatic carbocycles. The average molecular weight is 279 g/mol. The van der Waals surface area contributed by atoms with Crippen LogP contribution in [0, 0.1) is 0 Å². The first-order chi connectivity index (χ1) is 9.47. The number of carbonyl (C=O) groups is 1. The predicted octanol–water partition coefficient (Wildman–Crippen LogP) is 2.81. The summed E-state index contributed by atoms with van der Waals surface area (Å²) < 4.78 is 5.61. The second-order valence-corrected chi connectivity index (χ2v) is 5.03. The van der Waals surface area contributed by atoms with Crippen LogP contribution in [0.4, 0.5) is 0 Å². The first kappa shape index (κ1) is 16.5. The van der Waals surface area contributed by atoms with Crippen molar-refractivity contribution in [3.8, 4) is 5.75 Å². The third-order valence-electron chi connectivity index (χ3n) is 3.38. The smallest absolute Gasteiger partial charge is 0.260 e. The molecular formula is C16H25NO3. The van der Waals surface area contributed by atoms with Crippen molar-refractivity contribution in [1.29, 1.82) is 0 Å². The van der Waals surface area contributed by atoms with Crippen LogP contribution < -0.4 is 10.1 Å². The van der Waals surface area contributed by atoms with Crippen molar-refractivity contribution in [1.82, 2.24) is 5.32 Å². The quantitative estimate of drug-likeness (QED) is 0.807. The predicted molar refractivity (Wildman–Crippen MR) is 79.7 cm³/mol. The van der Waals surface area contributed by atoms with Crippen LogP contribution in [0.2, 0.25) is 0 Å². The number of nitrogens with one attached hydrogen (secondary N) is 1. The molecule has 20 heavy (non-hydrogen) atoms. The lowest BCUT2D eigenvalue weighted by Crippen LogP contribution is -2.42. The Morgan fingerprint density at radius 1 is 1.20 bits per heavy atom. The van der Waals surface area contributed by atoms with Crippen LogP contribution in [0.1, 0.15) is 52.2 Å². The van der Waals surface area contributed by atoms with Crippen LogP contribution in [-0.2, 0) is 4.79 Å². The molecule has 4 nitrogen and oxygen atoms in total. The van der Waals surface area contributed by atoms with E-state index in [0.29, 0.717) is 5.75 Å². The molecule has 0 aromatic heterocycles. The number of hydrogen-bond acceptors (Lipinski definition) is 3. The van der Waals surface area contributed by atoms with E-state index in [1.165, 1.54) is 0 Å². The van der Waals surface area contributed by atoms with Crippen molar-refractivity contribution in [2.75, 3.05) is 0 Å². The lowest BCUT2D eigenvalue weighted by molar-refractivity contribution is -0.128. The summed E-state index contributed by atoms with van der Waals surface area (Å²) >= 11 is 0. The summed E-state index contributed by atoms with van der Waals surface area (Å²) in [4.78, 5) is 12.0. The van der Waals surface area contributed by atoms with Gasteiger partial charge in [0.2, 0.25) is 0 Å². The van der Waals surface area contributed by atoms with Gasteiger partial charge in [-0.05, 0) is 44.4 Å². The van der Waals surface area contributed by atoms with E-state index in [-0.39, 0.29) is 11.9 Å². The Bertz CT molecular complexity index is 410. The zero-order valence-electron chi connectivity index (χ0n) is 12.7. The minimum atomic E-state index is -0.534. The second-order valence-electron chi connectivity index (χ2n) is 5.03. The molecule has 112 valence electrons. The van der Waals surface area contributed by atoms with E-state index in [1.54, 1.807) is 38.1 Å². The van der Waals surface area contributed by atoms with E-state index in [2.05, 4.69) is 19.2 Å². The molecule has 0 aliphatic rings. The van der Waals surface area contributed by atoms with Crippen molar-refractivity contribution in [3.05, 3.63) is 29.8 Å². The maximum absolute atomic E-state index is 12.0. The van der Waals surface area contributed by atoms with Crippen molar-refractivity contribution >= 4 is 5.91 Å². The molecule has 0 aliphatic heterocycles. The van der Waals surface area contributed by atoms with Gasteiger partial charge in [-0.2, -0.15) is 0 Å². The molecule has 0 fully saturated rings. The minimum Gasteiger partial charge on any atom is -0.481 e. The van der Waals surface area contributed by atoms with Crippen LogP contribution in [-0.4, -0.2) is 23.2 Å². The van der Waals surface area contributed by atoms with Crippen LogP contribution in [0.5, 0.6) is 5.75 Å². The van der Waals surface area contributed by atoms with Crippen LogP contribution in [0.25, 0.3) is 0 Å². The Morgan fingerprint density at radius 2 is 1.75 bits per heavy atom. The first-order valence-electron chi connectivity index (χ1n) is 7.22. The molecule has 2 unspecified atom stereocenters. The highest BCUT2D eigenvalue weighted by Gasteiger charge is 2.17. The molecule has 0 bridgehead atoms. The molecule has 0 spiro atoms. The van der Waals surface area contributed by atoms with E-state index in [0.717, 1.165) is 18.4 Å². The minimum absolute atomic E-state index is 0.0988. The molecule has 0 heterocycles. The Hall–Kier alpha value is -1.55. The molecule has 0 saturated carbocycles. The molecule has 1 aromatic rings. The molecule has 1 amide bonds. The van der Waals surface area contributed by atoms with Gasteiger partial charge in [-0.3, -0.25) is 4.79 Å². The van der Waals surface area contributed by atoms with Crippen molar-refractivity contribution in [2.45, 2.75) is 58.8 Å². The molecular weight excluding hydrogens is 254 g/mol. The molecule has 0 radical (unpaired) electrons. The zero-order valence-corrected chi connectivity index (χ0v) is 12.7. The first-order valence-corrected chi connectivity index (χ1v) is 7.22.